The van der Waals surface area contributed by atoms with Gasteiger partial charge in [-0.05, 0) is 19.1 Å². The number of hydrogen-bond acceptors (Lipinski definition) is 12. The molecule has 0 radical (unpaired) electrons. The van der Waals surface area contributed by atoms with E-state index in [0.717, 1.165) is 12.1 Å². The molecule has 0 heterocycles. The monoisotopic (exact) mass is 650 g/mol. The Bertz CT molecular complexity index is 1490. The second-order valence-electron chi connectivity index (χ2n) is 7.39. The van der Waals surface area contributed by atoms with Gasteiger partial charge in [-0.25, -0.2) is 9.59 Å². The Balaban J connectivity index is 2.47. The first-order valence-corrected chi connectivity index (χ1v) is 12.7. The number of carboxylic acid groups (broad SMARTS) is 1. The van der Waals surface area contributed by atoms with Crippen molar-refractivity contribution in [2.75, 3.05) is 19.8 Å². The maximum absolute atomic E-state index is 13.0. The molecule has 1 unspecified atom stereocenters. The van der Waals surface area contributed by atoms with Crippen LogP contribution in [0.2, 0.25) is 10.0 Å². The number of ether oxygens (including phenoxy) is 3. The Hall–Kier alpha value is -3.94. The molecule has 21 heteroatoms. The molecule has 0 aliphatic rings. The van der Waals surface area contributed by atoms with Crippen molar-refractivity contribution >= 4 is 56.6 Å². The second-order valence-corrected chi connectivity index (χ2v) is 9.71. The molecule has 41 heavy (non-hydrogen) atoms. The molecule has 0 amide bonds. The first kappa shape index (κ1) is 33.3. The molecule has 0 aliphatic heterocycles. The molecule has 224 valence electrons. The summed E-state index contributed by atoms with van der Waals surface area (Å²) in [6, 6.07) is 2.77. The number of esters is 1. The zero-order chi connectivity index (χ0) is 31.3. The average Bonchev–Trinajstić information content (AvgIpc) is 2.85. The molecule has 2 aromatic carbocycles. The fourth-order valence-corrected chi connectivity index (χ4v) is 3.84. The molecular weight excluding hydrogens is 636 g/mol. The minimum Gasteiger partial charge on any atom is -0.489 e. The number of carbonyl (C=O) groups excluding carboxylic acids is 1. The number of rotatable bonds is 13. The average molecular weight is 651 g/mol. The molecule has 1 atom stereocenters. The smallest absolute Gasteiger partial charge is 0.489 e. The first-order valence-electron chi connectivity index (χ1n) is 10.5. The Morgan fingerprint density at radius 2 is 1.39 bits per heavy atom. The molecule has 0 bridgehead atoms. The quantitative estimate of drug-likeness (QED) is 0.105. The zero-order valence-corrected chi connectivity index (χ0v) is 22.4. The van der Waals surface area contributed by atoms with Gasteiger partial charge in [-0.2, -0.15) is 21.6 Å². The van der Waals surface area contributed by atoms with Crippen molar-refractivity contribution in [2.24, 2.45) is 0 Å². The lowest BCUT2D eigenvalue weighted by Gasteiger charge is -2.20. The summed E-state index contributed by atoms with van der Waals surface area (Å²) in [7, 11) is -6.33. The van der Waals surface area contributed by atoms with Gasteiger partial charge in [0.1, 0.15) is 30.8 Å². The fraction of sp³-hybridized carbons (Fsp3) is 0.300. The Morgan fingerprint density at radius 1 is 0.951 bits per heavy atom. The highest BCUT2D eigenvalue weighted by Crippen LogP contribution is 2.37. The topological polar surface area (TPSA) is 212 Å². The summed E-state index contributed by atoms with van der Waals surface area (Å²) in [6.45, 7) is -1.13. The molecule has 2 rings (SSSR count). The predicted molar refractivity (Wildman–Crippen MR) is 130 cm³/mol. The lowest BCUT2D eigenvalue weighted by molar-refractivity contribution is -0.384. The summed E-state index contributed by atoms with van der Waals surface area (Å²) in [5.41, 5.74) is -8.96. The van der Waals surface area contributed by atoms with Crippen molar-refractivity contribution in [3.63, 3.8) is 0 Å². The molecule has 0 spiro atoms. The summed E-state index contributed by atoms with van der Waals surface area (Å²) >= 11 is 11.7. The van der Waals surface area contributed by atoms with Crippen LogP contribution in [-0.2, 0) is 19.0 Å². The van der Waals surface area contributed by atoms with Crippen LogP contribution in [0, 0.1) is 20.2 Å². The largest absolute Gasteiger partial charge is 0.523 e. The van der Waals surface area contributed by atoms with E-state index in [-0.39, 0.29) is 6.61 Å². The minimum absolute atomic E-state index is 0.141. The third kappa shape index (κ3) is 8.28. The van der Waals surface area contributed by atoms with Crippen LogP contribution in [0.1, 0.15) is 27.6 Å². The molecule has 2 aromatic rings. The molecule has 0 saturated carbocycles. The van der Waals surface area contributed by atoms with Gasteiger partial charge in [-0.1, -0.05) is 23.2 Å². The third-order valence-electron chi connectivity index (χ3n) is 4.59. The van der Waals surface area contributed by atoms with E-state index in [9.17, 15) is 51.4 Å². The Labute approximate surface area is 236 Å². The molecule has 1 N–H and O–H groups in total. The lowest BCUT2D eigenvalue weighted by Crippen LogP contribution is -2.36. The minimum atomic E-state index is -6.33. The predicted octanol–water partition coefficient (Wildman–Crippen LogP) is 4.38. The van der Waals surface area contributed by atoms with Crippen LogP contribution in [0.5, 0.6) is 11.5 Å². The van der Waals surface area contributed by atoms with Crippen molar-refractivity contribution in [3.05, 3.63) is 65.7 Å². The van der Waals surface area contributed by atoms with Gasteiger partial charge in [0.2, 0.25) is 0 Å². The molecule has 0 saturated heterocycles. The van der Waals surface area contributed by atoms with Crippen LogP contribution >= 0.6 is 23.2 Å². The van der Waals surface area contributed by atoms with Gasteiger partial charge in [0, 0.05) is 12.1 Å². The number of carboxylic acids is 1. The molecular formula is C20H15Cl2F3N2O13S. The number of alkyl halides is 3. The van der Waals surface area contributed by atoms with Gasteiger partial charge in [-0.3, -0.25) is 24.4 Å². The second kappa shape index (κ2) is 13.1. The van der Waals surface area contributed by atoms with Gasteiger partial charge in [-0.15, -0.1) is 0 Å². The van der Waals surface area contributed by atoms with Crippen molar-refractivity contribution in [3.8, 4) is 11.5 Å². The summed E-state index contributed by atoms with van der Waals surface area (Å²) < 4.78 is 81.3. The lowest BCUT2D eigenvalue weighted by atomic mass is 10.2. The van der Waals surface area contributed by atoms with Crippen LogP contribution in [0.15, 0.2) is 24.3 Å². The molecule has 15 nitrogen and oxygen atoms in total. The summed E-state index contributed by atoms with van der Waals surface area (Å²) in [5, 5.41) is 30.2. The van der Waals surface area contributed by atoms with E-state index in [1.165, 1.54) is 6.92 Å². The van der Waals surface area contributed by atoms with E-state index < -0.39 is 101 Å². The first-order chi connectivity index (χ1) is 18.9. The molecule has 0 aliphatic carbocycles. The van der Waals surface area contributed by atoms with E-state index in [0.29, 0.717) is 12.1 Å². The maximum atomic E-state index is 13.0. The highest BCUT2D eigenvalue weighted by Gasteiger charge is 2.49. The number of nitrogens with zero attached hydrogens (tertiary/aromatic N) is 2. The SMILES string of the molecule is CCOC(=O)c1cc(OCC(COc2cc(C(=O)O)cc([N+](=O)[O-])c2Cl)OS(=O)(=O)C(F)(F)F)c(Cl)c([N+](=O)[O-])c1. The van der Waals surface area contributed by atoms with E-state index in [1.54, 1.807) is 0 Å². The standard InChI is InChI=1S/C20H15Cl2F3N2O13S/c1-2-37-19(30)10-4-13(27(33)34)17(22)15(6-10)39-8-11(40-41(35,36)20(23,24)25)7-38-14-5-9(18(28)29)3-12(16(14)21)26(31)32/h3-6,11H,2,7-8H2,1H3,(H,28,29). The van der Waals surface area contributed by atoms with Crippen LogP contribution in [0.4, 0.5) is 24.5 Å². The maximum Gasteiger partial charge on any atom is 0.523 e. The fourth-order valence-electron chi connectivity index (χ4n) is 2.80. The number of hydrogen-bond donors (Lipinski definition) is 1. The third-order valence-corrected chi connectivity index (χ3v) is 6.44. The van der Waals surface area contributed by atoms with Crippen LogP contribution in [0.25, 0.3) is 0 Å². The van der Waals surface area contributed by atoms with Gasteiger partial charge in [0.15, 0.2) is 10.0 Å². The van der Waals surface area contributed by atoms with Crippen molar-refractivity contribution in [1.82, 2.24) is 0 Å². The number of aromatic carboxylic acids is 1. The van der Waals surface area contributed by atoms with Gasteiger partial charge in [0.25, 0.3) is 11.4 Å². The van der Waals surface area contributed by atoms with Crippen LogP contribution in [-0.4, -0.2) is 66.7 Å². The Morgan fingerprint density at radius 3 is 1.78 bits per heavy atom. The van der Waals surface area contributed by atoms with Gasteiger partial charge < -0.3 is 19.3 Å². The number of carbonyl (C=O) groups is 2. The van der Waals surface area contributed by atoms with E-state index >= 15 is 0 Å². The van der Waals surface area contributed by atoms with Crippen molar-refractivity contribution in [2.45, 2.75) is 18.5 Å². The van der Waals surface area contributed by atoms with E-state index in [4.69, 9.17) is 42.5 Å². The Kier molecular flexibility index (Phi) is 10.7. The number of nitro groups is 2. The summed E-state index contributed by atoms with van der Waals surface area (Å²) in [4.78, 5) is 43.8. The van der Waals surface area contributed by atoms with Gasteiger partial charge >= 0.3 is 27.6 Å². The normalized spacial score (nSPS) is 12.3. The number of nitro benzene ring substituents is 2. The number of halogens is 5. The van der Waals surface area contributed by atoms with Crippen molar-refractivity contribution in [1.29, 1.82) is 0 Å². The van der Waals surface area contributed by atoms with Gasteiger partial charge in [0.05, 0.1) is 27.6 Å². The summed E-state index contributed by atoms with van der Waals surface area (Å²) in [6.07, 6.45) is -2.26. The van der Waals surface area contributed by atoms with Crippen molar-refractivity contribution < 1.29 is 64.5 Å². The highest BCUT2D eigenvalue weighted by atomic mass is 35.5. The molecule has 0 aromatic heterocycles. The number of benzene rings is 2. The van der Waals surface area contributed by atoms with Crippen LogP contribution in [0.3, 0.4) is 0 Å². The summed E-state index contributed by atoms with van der Waals surface area (Å²) in [5.74, 6) is -4.18. The van der Waals surface area contributed by atoms with E-state index in [2.05, 4.69) is 4.18 Å². The highest BCUT2D eigenvalue weighted by molar-refractivity contribution is 7.87. The van der Waals surface area contributed by atoms with Crippen LogP contribution < -0.4 is 9.47 Å². The zero-order valence-electron chi connectivity index (χ0n) is 20.0. The molecule has 0 fully saturated rings. The van der Waals surface area contributed by atoms with E-state index in [1.807, 2.05) is 0 Å².